The van der Waals surface area contributed by atoms with Crippen molar-refractivity contribution in [3.05, 3.63) is 21.9 Å². The summed E-state index contributed by atoms with van der Waals surface area (Å²) in [7, 11) is 0. The second-order valence-corrected chi connectivity index (χ2v) is 5.38. The lowest BCUT2D eigenvalue weighted by atomic mass is 9.98. The van der Waals surface area contributed by atoms with Crippen LogP contribution in [0.3, 0.4) is 0 Å². The summed E-state index contributed by atoms with van der Waals surface area (Å²) in [6.45, 7) is 5.46. The second-order valence-electron chi connectivity index (χ2n) is 4.38. The molecular weight excluding hydrogens is 192 g/mol. The molecule has 1 aliphatic heterocycles. The topological polar surface area (TPSA) is 9.23 Å². The third-order valence-electron chi connectivity index (χ3n) is 2.78. The van der Waals surface area contributed by atoms with Crippen LogP contribution in [0.25, 0.3) is 0 Å². The molecule has 14 heavy (non-hydrogen) atoms. The fourth-order valence-corrected chi connectivity index (χ4v) is 2.86. The van der Waals surface area contributed by atoms with Gasteiger partial charge in [0, 0.05) is 11.3 Å². The van der Waals surface area contributed by atoms with Gasteiger partial charge in [-0.05, 0) is 35.8 Å². The summed E-state index contributed by atoms with van der Waals surface area (Å²) < 4.78 is 5.82. The van der Waals surface area contributed by atoms with Crippen LogP contribution >= 0.6 is 11.3 Å². The zero-order valence-corrected chi connectivity index (χ0v) is 9.77. The van der Waals surface area contributed by atoms with E-state index in [0.29, 0.717) is 6.10 Å². The van der Waals surface area contributed by atoms with Crippen molar-refractivity contribution in [3.63, 3.8) is 0 Å². The van der Waals surface area contributed by atoms with E-state index in [0.717, 1.165) is 18.9 Å². The Morgan fingerprint density at radius 1 is 1.57 bits per heavy atom. The molecule has 0 aliphatic carbocycles. The molecule has 1 unspecified atom stereocenters. The molecule has 0 N–H and O–H groups in total. The van der Waals surface area contributed by atoms with E-state index < -0.39 is 0 Å². The van der Waals surface area contributed by atoms with Gasteiger partial charge in [-0.3, -0.25) is 0 Å². The van der Waals surface area contributed by atoms with Gasteiger partial charge in [-0.15, -0.1) is 11.3 Å². The Hall–Kier alpha value is -0.340. The zero-order valence-electron chi connectivity index (χ0n) is 8.95. The molecule has 2 heterocycles. The molecule has 0 radical (unpaired) electrons. The zero-order chi connectivity index (χ0) is 9.97. The summed E-state index contributed by atoms with van der Waals surface area (Å²) in [6.07, 6.45) is 3.94. The third-order valence-corrected chi connectivity index (χ3v) is 3.78. The molecule has 1 aromatic heterocycles. The Balaban J connectivity index is 2.01. The smallest absolute Gasteiger partial charge is 0.0835 e. The van der Waals surface area contributed by atoms with Gasteiger partial charge in [0.25, 0.3) is 0 Å². The van der Waals surface area contributed by atoms with Crippen LogP contribution in [0.1, 0.15) is 43.2 Å². The van der Waals surface area contributed by atoms with E-state index >= 15 is 0 Å². The molecule has 0 fully saturated rings. The fourth-order valence-electron chi connectivity index (χ4n) is 1.95. The van der Waals surface area contributed by atoms with Crippen molar-refractivity contribution >= 4 is 11.3 Å². The fraction of sp³-hybridized carbons (Fsp3) is 0.667. The van der Waals surface area contributed by atoms with Gasteiger partial charge in [0.05, 0.1) is 12.7 Å². The molecule has 1 nitrogen and oxygen atoms in total. The van der Waals surface area contributed by atoms with Crippen LogP contribution in [0.5, 0.6) is 0 Å². The summed E-state index contributed by atoms with van der Waals surface area (Å²) in [5, 5.41) is 2.20. The maximum absolute atomic E-state index is 5.82. The van der Waals surface area contributed by atoms with E-state index in [1.807, 2.05) is 11.3 Å². The Bertz CT molecular complexity index is 290. The van der Waals surface area contributed by atoms with Gasteiger partial charge >= 0.3 is 0 Å². The van der Waals surface area contributed by atoms with Gasteiger partial charge < -0.3 is 4.74 Å². The summed E-state index contributed by atoms with van der Waals surface area (Å²) in [5.41, 5.74) is 1.46. The van der Waals surface area contributed by atoms with Crippen LogP contribution in [0, 0.1) is 5.92 Å². The van der Waals surface area contributed by atoms with Crippen LogP contribution < -0.4 is 0 Å². The quantitative estimate of drug-likeness (QED) is 0.737. The van der Waals surface area contributed by atoms with Gasteiger partial charge in [0.1, 0.15) is 0 Å². The van der Waals surface area contributed by atoms with Crippen molar-refractivity contribution in [2.24, 2.45) is 5.92 Å². The largest absolute Gasteiger partial charge is 0.373 e. The van der Waals surface area contributed by atoms with Gasteiger partial charge in [-0.25, -0.2) is 0 Å². The number of hydrogen-bond donors (Lipinski definition) is 0. The van der Waals surface area contributed by atoms with Crippen LogP contribution in [-0.2, 0) is 11.2 Å². The molecule has 0 amide bonds. The second kappa shape index (κ2) is 4.45. The molecule has 0 spiro atoms. The first-order chi connectivity index (χ1) is 6.77. The van der Waals surface area contributed by atoms with Crippen molar-refractivity contribution in [3.8, 4) is 0 Å². The highest BCUT2D eigenvalue weighted by Crippen LogP contribution is 2.34. The molecule has 0 aromatic carbocycles. The molecule has 0 bridgehead atoms. The lowest BCUT2D eigenvalue weighted by Crippen LogP contribution is -2.14. The number of thiophene rings is 1. The number of hydrogen-bond acceptors (Lipinski definition) is 2. The van der Waals surface area contributed by atoms with E-state index in [-0.39, 0.29) is 0 Å². The van der Waals surface area contributed by atoms with Crippen LogP contribution in [-0.4, -0.2) is 6.61 Å². The van der Waals surface area contributed by atoms with Crippen molar-refractivity contribution in [1.29, 1.82) is 0 Å². The summed E-state index contributed by atoms with van der Waals surface area (Å²) >= 11 is 1.88. The van der Waals surface area contributed by atoms with Crippen LogP contribution in [0.4, 0.5) is 0 Å². The van der Waals surface area contributed by atoms with E-state index in [1.54, 1.807) is 4.88 Å². The summed E-state index contributed by atoms with van der Waals surface area (Å²) in [4.78, 5) is 1.55. The average Bonchev–Trinajstić information content (AvgIpc) is 2.62. The molecule has 0 saturated heterocycles. The maximum atomic E-state index is 5.82. The Labute approximate surface area is 90.1 Å². The first kappa shape index (κ1) is 10.2. The predicted molar refractivity (Wildman–Crippen MR) is 60.8 cm³/mol. The van der Waals surface area contributed by atoms with E-state index in [9.17, 15) is 0 Å². The minimum absolute atomic E-state index is 0.382. The average molecular weight is 210 g/mol. The molecule has 78 valence electrons. The van der Waals surface area contributed by atoms with Gasteiger partial charge in [0.2, 0.25) is 0 Å². The molecule has 1 aliphatic rings. The van der Waals surface area contributed by atoms with Gasteiger partial charge in [-0.2, -0.15) is 0 Å². The minimum atomic E-state index is 0.382. The molecule has 2 heteroatoms. The lowest BCUT2D eigenvalue weighted by molar-refractivity contribution is 0.0343. The normalized spacial score (nSPS) is 21.2. The SMILES string of the molecule is CC(C)CCC1OCCc2sccc21. The van der Waals surface area contributed by atoms with Crippen molar-refractivity contribution in [2.45, 2.75) is 39.2 Å². The maximum Gasteiger partial charge on any atom is 0.0835 e. The minimum Gasteiger partial charge on any atom is -0.373 e. The Morgan fingerprint density at radius 3 is 3.21 bits per heavy atom. The monoisotopic (exact) mass is 210 g/mol. The number of ether oxygens (including phenoxy) is 1. The lowest BCUT2D eigenvalue weighted by Gasteiger charge is -2.23. The molecule has 0 saturated carbocycles. The highest BCUT2D eigenvalue weighted by Gasteiger charge is 2.21. The van der Waals surface area contributed by atoms with Gasteiger partial charge in [0.15, 0.2) is 0 Å². The molecule has 1 aromatic rings. The summed E-state index contributed by atoms with van der Waals surface area (Å²) in [6, 6.07) is 2.24. The first-order valence-corrected chi connectivity index (χ1v) is 6.33. The number of rotatable bonds is 3. The predicted octanol–water partition coefficient (Wildman–Crippen LogP) is 3.80. The Morgan fingerprint density at radius 2 is 2.43 bits per heavy atom. The van der Waals surface area contributed by atoms with Crippen molar-refractivity contribution in [2.75, 3.05) is 6.61 Å². The van der Waals surface area contributed by atoms with E-state index in [1.165, 1.54) is 18.4 Å². The summed E-state index contributed by atoms with van der Waals surface area (Å²) in [5.74, 6) is 0.780. The van der Waals surface area contributed by atoms with Gasteiger partial charge in [-0.1, -0.05) is 13.8 Å². The highest BCUT2D eigenvalue weighted by molar-refractivity contribution is 7.10. The van der Waals surface area contributed by atoms with E-state index in [4.69, 9.17) is 4.74 Å². The van der Waals surface area contributed by atoms with Crippen LogP contribution in [0.2, 0.25) is 0 Å². The first-order valence-electron chi connectivity index (χ1n) is 5.45. The third kappa shape index (κ3) is 2.18. The van der Waals surface area contributed by atoms with Crippen molar-refractivity contribution < 1.29 is 4.74 Å². The standard InChI is InChI=1S/C12H18OS/c1-9(2)3-4-11-10-6-8-14-12(10)5-7-13-11/h6,8-9,11H,3-5,7H2,1-2H3. The van der Waals surface area contributed by atoms with E-state index in [2.05, 4.69) is 25.3 Å². The molecule has 1 atom stereocenters. The Kier molecular flexibility index (Phi) is 3.24. The molecule has 2 rings (SSSR count). The number of fused-ring (bicyclic) bond motifs is 1. The van der Waals surface area contributed by atoms with Crippen molar-refractivity contribution in [1.82, 2.24) is 0 Å². The van der Waals surface area contributed by atoms with Crippen LogP contribution in [0.15, 0.2) is 11.4 Å². The highest BCUT2D eigenvalue weighted by atomic mass is 32.1. The molecular formula is C12H18OS.